The highest BCUT2D eigenvalue weighted by atomic mass is 79.9. The number of hydrogen-bond acceptors (Lipinski definition) is 3. The molecule has 0 saturated carbocycles. The topological polar surface area (TPSA) is 52.8 Å². The zero-order valence-corrected chi connectivity index (χ0v) is 13.2. The minimum Gasteiger partial charge on any atom is -0.508 e. The number of phenolic OH excluding ortho intramolecular Hbond substituents is 2. The molecule has 0 amide bonds. The molecule has 0 saturated heterocycles. The van der Waals surface area contributed by atoms with Crippen molar-refractivity contribution in [3.8, 4) is 11.5 Å². The van der Waals surface area contributed by atoms with Gasteiger partial charge < -0.3 is 10.2 Å². The number of aliphatic imine (C=N–C) groups is 1. The Morgan fingerprint density at radius 1 is 1.05 bits per heavy atom. The van der Waals surface area contributed by atoms with E-state index in [-0.39, 0.29) is 11.5 Å². The van der Waals surface area contributed by atoms with Crippen molar-refractivity contribution in [3.63, 3.8) is 0 Å². The van der Waals surface area contributed by atoms with Gasteiger partial charge in [0.2, 0.25) is 0 Å². The molecule has 20 heavy (non-hydrogen) atoms. The van der Waals surface area contributed by atoms with Gasteiger partial charge in [-0.05, 0) is 61.7 Å². The van der Waals surface area contributed by atoms with Crippen LogP contribution in [0.1, 0.15) is 23.6 Å². The normalized spacial score (nSPS) is 11.7. The summed E-state index contributed by atoms with van der Waals surface area (Å²) in [6.45, 7) is 5.79. The predicted octanol–water partition coefficient (Wildman–Crippen LogP) is 4.62. The maximum atomic E-state index is 9.66. The monoisotopic (exact) mass is 333 g/mol. The average molecular weight is 334 g/mol. The Hall–Kier alpha value is -1.81. The molecule has 2 aromatic carbocycles. The lowest BCUT2D eigenvalue weighted by atomic mass is 10.0. The molecule has 0 fully saturated rings. The molecule has 0 aromatic heterocycles. The molecule has 4 heteroatoms. The van der Waals surface area contributed by atoms with E-state index >= 15 is 0 Å². The quantitative estimate of drug-likeness (QED) is 0.788. The van der Waals surface area contributed by atoms with Gasteiger partial charge in [-0.25, -0.2) is 0 Å². The van der Waals surface area contributed by atoms with E-state index in [9.17, 15) is 10.2 Å². The molecule has 2 N–H and O–H groups in total. The Morgan fingerprint density at radius 2 is 1.75 bits per heavy atom. The van der Waals surface area contributed by atoms with Crippen molar-refractivity contribution in [3.05, 3.63) is 51.5 Å². The van der Waals surface area contributed by atoms with Crippen LogP contribution in [0.3, 0.4) is 0 Å². The molecule has 0 aliphatic rings. The molecule has 0 aliphatic carbocycles. The standard InChI is InChI=1S/C16H16BrNO2/c1-9-6-12(19)4-5-14(9)11(3)18-16-8-13(20)7-15(17)10(16)2/h4-8,19-20H,1-3H3. The van der Waals surface area contributed by atoms with Crippen molar-refractivity contribution in [1.29, 1.82) is 0 Å². The van der Waals surface area contributed by atoms with Crippen LogP contribution in [0.5, 0.6) is 11.5 Å². The van der Waals surface area contributed by atoms with E-state index in [1.807, 2.05) is 26.8 Å². The lowest BCUT2D eigenvalue weighted by Gasteiger charge is -2.09. The van der Waals surface area contributed by atoms with E-state index in [2.05, 4.69) is 20.9 Å². The van der Waals surface area contributed by atoms with E-state index in [0.29, 0.717) is 0 Å². The molecular formula is C16H16BrNO2. The Balaban J connectivity index is 2.50. The molecule has 3 nitrogen and oxygen atoms in total. The van der Waals surface area contributed by atoms with Crippen molar-refractivity contribution < 1.29 is 10.2 Å². The average Bonchev–Trinajstić information content (AvgIpc) is 2.35. The highest BCUT2D eigenvalue weighted by Gasteiger charge is 2.07. The molecule has 0 atom stereocenters. The van der Waals surface area contributed by atoms with E-state index < -0.39 is 0 Å². The van der Waals surface area contributed by atoms with Gasteiger partial charge in [0.25, 0.3) is 0 Å². The summed E-state index contributed by atoms with van der Waals surface area (Å²) < 4.78 is 0.825. The second kappa shape index (κ2) is 5.67. The Kier molecular flexibility index (Phi) is 4.14. The van der Waals surface area contributed by atoms with Gasteiger partial charge in [0.15, 0.2) is 0 Å². The summed E-state index contributed by atoms with van der Waals surface area (Å²) >= 11 is 3.40. The second-order valence-corrected chi connectivity index (χ2v) is 5.62. The highest BCUT2D eigenvalue weighted by Crippen LogP contribution is 2.32. The highest BCUT2D eigenvalue weighted by molar-refractivity contribution is 9.10. The zero-order valence-electron chi connectivity index (χ0n) is 11.6. The molecule has 0 heterocycles. The third-order valence-corrected chi connectivity index (χ3v) is 4.01. The molecule has 0 unspecified atom stereocenters. The molecule has 0 spiro atoms. The summed E-state index contributed by atoms with van der Waals surface area (Å²) in [6, 6.07) is 8.48. The van der Waals surface area contributed by atoms with E-state index in [1.54, 1.807) is 24.3 Å². The molecule has 0 aliphatic heterocycles. The van der Waals surface area contributed by atoms with Crippen molar-refractivity contribution in [2.24, 2.45) is 4.99 Å². The first kappa shape index (κ1) is 14.6. The summed E-state index contributed by atoms with van der Waals surface area (Å²) in [7, 11) is 0. The zero-order chi connectivity index (χ0) is 14.9. The van der Waals surface area contributed by atoms with E-state index in [1.165, 1.54) is 0 Å². The number of aryl methyl sites for hydroxylation is 1. The Labute approximate surface area is 126 Å². The van der Waals surface area contributed by atoms with Crippen LogP contribution < -0.4 is 0 Å². The first-order valence-electron chi connectivity index (χ1n) is 6.23. The van der Waals surface area contributed by atoms with Gasteiger partial charge in [0.1, 0.15) is 11.5 Å². The van der Waals surface area contributed by atoms with Crippen LogP contribution in [0.25, 0.3) is 0 Å². The Morgan fingerprint density at radius 3 is 2.40 bits per heavy atom. The summed E-state index contributed by atoms with van der Waals surface area (Å²) in [4.78, 5) is 4.59. The minimum absolute atomic E-state index is 0.177. The molecule has 0 radical (unpaired) electrons. The minimum atomic E-state index is 0.177. The fourth-order valence-corrected chi connectivity index (χ4v) is 2.50. The largest absolute Gasteiger partial charge is 0.508 e. The number of phenols is 2. The number of benzene rings is 2. The third-order valence-electron chi connectivity index (χ3n) is 3.19. The first-order valence-corrected chi connectivity index (χ1v) is 7.02. The second-order valence-electron chi connectivity index (χ2n) is 4.77. The van der Waals surface area contributed by atoms with Crippen molar-refractivity contribution in [2.45, 2.75) is 20.8 Å². The smallest absolute Gasteiger partial charge is 0.118 e. The van der Waals surface area contributed by atoms with Gasteiger partial charge in [-0.2, -0.15) is 0 Å². The van der Waals surface area contributed by atoms with Crippen LogP contribution in [0, 0.1) is 13.8 Å². The van der Waals surface area contributed by atoms with Crippen molar-refractivity contribution >= 4 is 27.3 Å². The summed E-state index contributed by atoms with van der Waals surface area (Å²) in [5.41, 5.74) is 4.47. The first-order chi connectivity index (χ1) is 9.38. The number of hydrogen-bond donors (Lipinski definition) is 2. The molecule has 104 valence electrons. The summed E-state index contributed by atoms with van der Waals surface area (Å²) in [5, 5.41) is 19.1. The fourth-order valence-electron chi connectivity index (χ4n) is 2.06. The van der Waals surface area contributed by atoms with Crippen molar-refractivity contribution in [1.82, 2.24) is 0 Å². The summed E-state index contributed by atoms with van der Waals surface area (Å²) in [5.74, 6) is 0.423. The molecule has 0 bridgehead atoms. The van der Waals surface area contributed by atoms with Gasteiger partial charge in [-0.15, -0.1) is 0 Å². The van der Waals surface area contributed by atoms with Gasteiger partial charge in [0.05, 0.1) is 5.69 Å². The van der Waals surface area contributed by atoms with Gasteiger partial charge in [0, 0.05) is 16.3 Å². The van der Waals surface area contributed by atoms with Crippen LogP contribution in [0.15, 0.2) is 39.8 Å². The van der Waals surface area contributed by atoms with E-state index in [4.69, 9.17) is 0 Å². The summed E-state index contributed by atoms with van der Waals surface area (Å²) in [6.07, 6.45) is 0. The molecule has 2 rings (SSSR count). The molecule has 2 aromatic rings. The van der Waals surface area contributed by atoms with Crippen LogP contribution in [-0.2, 0) is 0 Å². The Bertz CT molecular complexity index is 693. The van der Waals surface area contributed by atoms with Crippen LogP contribution >= 0.6 is 15.9 Å². The van der Waals surface area contributed by atoms with Crippen molar-refractivity contribution in [2.75, 3.05) is 0 Å². The number of rotatable bonds is 2. The van der Waals surface area contributed by atoms with Crippen LogP contribution in [0.2, 0.25) is 0 Å². The van der Waals surface area contributed by atoms with Crippen LogP contribution in [-0.4, -0.2) is 15.9 Å². The predicted molar refractivity (Wildman–Crippen MR) is 85.3 cm³/mol. The maximum Gasteiger partial charge on any atom is 0.118 e. The van der Waals surface area contributed by atoms with Gasteiger partial charge in [-0.1, -0.05) is 15.9 Å². The van der Waals surface area contributed by atoms with E-state index in [0.717, 1.165) is 32.6 Å². The van der Waals surface area contributed by atoms with Crippen LogP contribution in [0.4, 0.5) is 5.69 Å². The fraction of sp³-hybridized carbons (Fsp3) is 0.188. The van der Waals surface area contributed by atoms with Gasteiger partial charge in [-0.3, -0.25) is 4.99 Å². The third kappa shape index (κ3) is 3.02. The van der Waals surface area contributed by atoms with Gasteiger partial charge >= 0.3 is 0 Å². The number of halogens is 1. The lowest BCUT2D eigenvalue weighted by Crippen LogP contribution is -1.97. The number of nitrogens with zero attached hydrogens (tertiary/aromatic N) is 1. The maximum absolute atomic E-state index is 9.66. The lowest BCUT2D eigenvalue weighted by molar-refractivity contribution is 0.474. The SMILES string of the molecule is CC(=Nc1cc(O)cc(Br)c1C)c1ccc(O)cc1C. The number of aromatic hydroxyl groups is 2. The molecular weight excluding hydrogens is 318 g/mol.